The molecule has 0 aliphatic rings. The van der Waals surface area contributed by atoms with Crippen LogP contribution in [0.5, 0.6) is 0 Å². The predicted octanol–water partition coefficient (Wildman–Crippen LogP) is 4.86. The molecule has 0 radical (unpaired) electrons. The molecule has 2 rings (SSSR count). The summed E-state index contributed by atoms with van der Waals surface area (Å²) >= 11 is 5.88. The van der Waals surface area contributed by atoms with Crippen LogP contribution in [0.15, 0.2) is 36.4 Å². The first-order valence-corrected chi connectivity index (χ1v) is 6.94. The Balaban J connectivity index is 2.20. The highest BCUT2D eigenvalue weighted by atomic mass is 35.5. The van der Waals surface area contributed by atoms with Crippen LogP contribution in [0.3, 0.4) is 0 Å². The van der Waals surface area contributed by atoms with E-state index in [1.165, 1.54) is 0 Å². The minimum absolute atomic E-state index is 0.0317. The lowest BCUT2D eigenvalue weighted by Gasteiger charge is -2.19. The Morgan fingerprint density at radius 3 is 2.24 bits per heavy atom. The molecule has 0 aliphatic heterocycles. The standard InChI is InChI=1S/C16H17ClF2N2/c1-10(11-4-6-13(7-5-11)21(2)3)20-16-14(17)8-12(18)9-15(16)19/h4-10,20H,1-3H3. The Labute approximate surface area is 128 Å². The number of rotatable bonds is 4. The highest BCUT2D eigenvalue weighted by Crippen LogP contribution is 2.30. The van der Waals surface area contributed by atoms with E-state index in [0.29, 0.717) is 0 Å². The van der Waals surface area contributed by atoms with Gasteiger partial charge in [0.05, 0.1) is 10.7 Å². The van der Waals surface area contributed by atoms with Crippen LogP contribution in [-0.2, 0) is 0 Å². The lowest BCUT2D eigenvalue weighted by Crippen LogP contribution is -2.11. The molecule has 0 aromatic heterocycles. The quantitative estimate of drug-likeness (QED) is 0.867. The lowest BCUT2D eigenvalue weighted by atomic mass is 10.1. The van der Waals surface area contributed by atoms with E-state index in [4.69, 9.17) is 11.6 Å². The molecule has 2 aromatic carbocycles. The Kier molecular flexibility index (Phi) is 4.68. The summed E-state index contributed by atoms with van der Waals surface area (Å²) in [6, 6.07) is 9.64. The van der Waals surface area contributed by atoms with Crippen molar-refractivity contribution in [1.82, 2.24) is 0 Å². The second-order valence-corrected chi connectivity index (χ2v) is 5.50. The minimum atomic E-state index is -0.697. The number of nitrogens with one attached hydrogen (secondary N) is 1. The van der Waals surface area contributed by atoms with Gasteiger partial charge in [0, 0.05) is 31.9 Å². The van der Waals surface area contributed by atoms with E-state index in [1.54, 1.807) is 0 Å². The topological polar surface area (TPSA) is 15.3 Å². The molecule has 1 unspecified atom stereocenters. The van der Waals surface area contributed by atoms with Crippen LogP contribution in [-0.4, -0.2) is 14.1 Å². The van der Waals surface area contributed by atoms with E-state index in [9.17, 15) is 8.78 Å². The van der Waals surface area contributed by atoms with Gasteiger partial charge >= 0.3 is 0 Å². The van der Waals surface area contributed by atoms with Crippen molar-refractivity contribution in [1.29, 1.82) is 0 Å². The summed E-state index contributed by atoms with van der Waals surface area (Å²) in [7, 11) is 3.93. The van der Waals surface area contributed by atoms with Gasteiger partial charge in [-0.05, 0) is 30.7 Å². The van der Waals surface area contributed by atoms with Crippen molar-refractivity contribution in [2.45, 2.75) is 13.0 Å². The normalized spacial score (nSPS) is 12.1. The fourth-order valence-corrected chi connectivity index (χ4v) is 2.29. The molecule has 0 aliphatic carbocycles. The minimum Gasteiger partial charge on any atom is -0.378 e. The largest absolute Gasteiger partial charge is 0.378 e. The van der Waals surface area contributed by atoms with Crippen molar-refractivity contribution in [3.05, 3.63) is 58.6 Å². The van der Waals surface area contributed by atoms with Crippen LogP contribution in [0.4, 0.5) is 20.2 Å². The average molecular weight is 311 g/mol. The number of benzene rings is 2. The molecule has 0 fully saturated rings. The van der Waals surface area contributed by atoms with Gasteiger partial charge in [-0.25, -0.2) is 8.78 Å². The van der Waals surface area contributed by atoms with Crippen molar-refractivity contribution in [2.24, 2.45) is 0 Å². The number of hydrogen-bond donors (Lipinski definition) is 1. The van der Waals surface area contributed by atoms with Crippen molar-refractivity contribution in [2.75, 3.05) is 24.3 Å². The Hall–Kier alpha value is -1.81. The fraction of sp³-hybridized carbons (Fsp3) is 0.250. The first kappa shape index (κ1) is 15.6. The summed E-state index contributed by atoms with van der Waals surface area (Å²) in [6.07, 6.45) is 0. The van der Waals surface area contributed by atoms with Crippen molar-refractivity contribution >= 4 is 23.0 Å². The maximum atomic E-state index is 13.8. The maximum absolute atomic E-state index is 13.8. The van der Waals surface area contributed by atoms with E-state index in [0.717, 1.165) is 23.4 Å². The molecule has 1 atom stereocenters. The van der Waals surface area contributed by atoms with Gasteiger partial charge < -0.3 is 10.2 Å². The highest BCUT2D eigenvalue weighted by molar-refractivity contribution is 6.33. The number of hydrogen-bond acceptors (Lipinski definition) is 2. The Morgan fingerprint density at radius 2 is 1.71 bits per heavy atom. The molecular formula is C16H17ClF2N2. The van der Waals surface area contributed by atoms with E-state index >= 15 is 0 Å². The van der Waals surface area contributed by atoms with Crippen LogP contribution < -0.4 is 10.2 Å². The van der Waals surface area contributed by atoms with Crippen LogP contribution in [0.1, 0.15) is 18.5 Å². The molecule has 0 spiro atoms. The van der Waals surface area contributed by atoms with Gasteiger partial charge in [0.25, 0.3) is 0 Å². The van der Waals surface area contributed by atoms with Gasteiger partial charge in [0.15, 0.2) is 5.82 Å². The predicted molar refractivity (Wildman–Crippen MR) is 84.2 cm³/mol. The summed E-state index contributed by atoms with van der Waals surface area (Å²) in [5, 5.41) is 3.02. The van der Waals surface area contributed by atoms with E-state index < -0.39 is 11.6 Å². The molecule has 1 N–H and O–H groups in total. The average Bonchev–Trinajstić information content (AvgIpc) is 2.42. The van der Waals surface area contributed by atoms with E-state index in [1.807, 2.05) is 50.2 Å². The number of nitrogens with zero attached hydrogens (tertiary/aromatic N) is 1. The molecule has 0 bridgehead atoms. The van der Waals surface area contributed by atoms with Crippen molar-refractivity contribution in [3.8, 4) is 0 Å². The number of anilines is 2. The van der Waals surface area contributed by atoms with Crippen molar-refractivity contribution < 1.29 is 8.78 Å². The summed E-state index contributed by atoms with van der Waals surface area (Å²) < 4.78 is 26.8. The van der Waals surface area contributed by atoms with E-state index in [-0.39, 0.29) is 16.8 Å². The smallest absolute Gasteiger partial charge is 0.150 e. The lowest BCUT2D eigenvalue weighted by molar-refractivity contribution is 0.584. The maximum Gasteiger partial charge on any atom is 0.150 e. The van der Waals surface area contributed by atoms with Gasteiger partial charge in [0.2, 0.25) is 0 Å². The molecule has 0 heterocycles. The molecule has 0 amide bonds. The summed E-state index contributed by atoms with van der Waals surface area (Å²) in [6.45, 7) is 1.89. The van der Waals surface area contributed by atoms with Gasteiger partial charge in [-0.2, -0.15) is 0 Å². The van der Waals surface area contributed by atoms with Gasteiger partial charge in [-0.3, -0.25) is 0 Å². The zero-order chi connectivity index (χ0) is 15.6. The second kappa shape index (κ2) is 6.31. The second-order valence-electron chi connectivity index (χ2n) is 5.10. The summed E-state index contributed by atoms with van der Waals surface area (Å²) in [5.74, 6) is -1.39. The SMILES string of the molecule is CC(Nc1c(F)cc(F)cc1Cl)c1ccc(N(C)C)cc1. The molecular weight excluding hydrogens is 294 g/mol. The zero-order valence-corrected chi connectivity index (χ0v) is 12.9. The summed E-state index contributed by atoms with van der Waals surface area (Å²) in [5.41, 5.74) is 2.18. The third-order valence-electron chi connectivity index (χ3n) is 3.28. The van der Waals surface area contributed by atoms with Gasteiger partial charge in [-0.1, -0.05) is 23.7 Å². The van der Waals surface area contributed by atoms with Crippen LogP contribution in [0.25, 0.3) is 0 Å². The highest BCUT2D eigenvalue weighted by Gasteiger charge is 2.13. The molecule has 2 aromatic rings. The van der Waals surface area contributed by atoms with Crippen molar-refractivity contribution in [3.63, 3.8) is 0 Å². The third-order valence-corrected chi connectivity index (χ3v) is 3.58. The first-order chi connectivity index (χ1) is 9.88. The fourth-order valence-electron chi connectivity index (χ4n) is 2.04. The van der Waals surface area contributed by atoms with Crippen LogP contribution in [0, 0.1) is 11.6 Å². The van der Waals surface area contributed by atoms with Crippen LogP contribution >= 0.6 is 11.6 Å². The van der Waals surface area contributed by atoms with Gasteiger partial charge in [0.1, 0.15) is 5.82 Å². The van der Waals surface area contributed by atoms with Crippen LogP contribution in [0.2, 0.25) is 5.02 Å². The molecule has 2 nitrogen and oxygen atoms in total. The first-order valence-electron chi connectivity index (χ1n) is 6.57. The van der Waals surface area contributed by atoms with Gasteiger partial charge in [-0.15, -0.1) is 0 Å². The molecule has 21 heavy (non-hydrogen) atoms. The molecule has 0 saturated carbocycles. The Morgan fingerprint density at radius 1 is 1.10 bits per heavy atom. The monoisotopic (exact) mass is 310 g/mol. The zero-order valence-electron chi connectivity index (χ0n) is 12.1. The third kappa shape index (κ3) is 3.64. The molecule has 5 heteroatoms. The molecule has 112 valence electrons. The number of halogens is 3. The Bertz CT molecular complexity index is 604. The summed E-state index contributed by atoms with van der Waals surface area (Å²) in [4.78, 5) is 2.00. The molecule has 0 saturated heterocycles. The van der Waals surface area contributed by atoms with E-state index in [2.05, 4.69) is 5.32 Å².